The van der Waals surface area contributed by atoms with Gasteiger partial charge in [-0.05, 0) is 49.7 Å². The molecule has 0 spiro atoms. The van der Waals surface area contributed by atoms with Crippen LogP contribution < -0.4 is 9.03 Å². The van der Waals surface area contributed by atoms with Crippen LogP contribution in [0.5, 0.6) is 0 Å². The molecule has 0 amide bonds. The van der Waals surface area contributed by atoms with E-state index in [1.165, 1.54) is 17.6 Å². The SMILES string of the molecule is CC(C)S(=O)(=O)N[C@@H]1CN(C)C[C@@H]1c1ccc(-c2ccc(N(C)S(C)(=O)=O)cc2)cc1. The molecule has 0 saturated carbocycles. The van der Waals surface area contributed by atoms with Gasteiger partial charge in [0, 0.05) is 32.1 Å². The van der Waals surface area contributed by atoms with Crippen LogP contribution in [0.1, 0.15) is 25.3 Å². The Kier molecular flexibility index (Phi) is 6.81. The molecule has 1 fully saturated rings. The summed E-state index contributed by atoms with van der Waals surface area (Å²) in [6, 6.07) is 15.4. The molecule has 2 atom stereocenters. The van der Waals surface area contributed by atoms with Crippen LogP contribution in [0.3, 0.4) is 0 Å². The third-order valence-corrected chi connectivity index (χ3v) is 8.92. The Bertz CT molecular complexity index is 1110. The summed E-state index contributed by atoms with van der Waals surface area (Å²) in [7, 11) is -3.11. The maximum Gasteiger partial charge on any atom is 0.231 e. The topological polar surface area (TPSA) is 86.8 Å². The Balaban J connectivity index is 1.79. The van der Waals surface area contributed by atoms with Crippen molar-refractivity contribution in [3.05, 3.63) is 54.1 Å². The minimum Gasteiger partial charge on any atom is -0.304 e. The molecule has 9 heteroatoms. The fourth-order valence-corrected chi connectivity index (χ4v) is 5.22. The first kappa shape index (κ1) is 23.7. The Labute approximate surface area is 186 Å². The summed E-state index contributed by atoms with van der Waals surface area (Å²) in [5.41, 5.74) is 3.70. The van der Waals surface area contributed by atoms with E-state index in [0.717, 1.165) is 23.2 Å². The van der Waals surface area contributed by atoms with Crippen molar-refractivity contribution < 1.29 is 16.8 Å². The minimum absolute atomic E-state index is 0.0818. The van der Waals surface area contributed by atoms with E-state index in [0.29, 0.717) is 12.2 Å². The van der Waals surface area contributed by atoms with E-state index in [4.69, 9.17) is 0 Å². The summed E-state index contributed by atoms with van der Waals surface area (Å²) < 4.78 is 52.3. The smallest absolute Gasteiger partial charge is 0.231 e. The highest BCUT2D eigenvalue weighted by Crippen LogP contribution is 2.30. The zero-order valence-electron chi connectivity index (χ0n) is 18.6. The van der Waals surface area contributed by atoms with E-state index in [1.807, 2.05) is 43.4 Å². The largest absolute Gasteiger partial charge is 0.304 e. The van der Waals surface area contributed by atoms with Crippen molar-refractivity contribution in [2.24, 2.45) is 0 Å². The van der Waals surface area contributed by atoms with Crippen molar-refractivity contribution in [3.63, 3.8) is 0 Å². The van der Waals surface area contributed by atoms with Crippen molar-refractivity contribution in [1.82, 2.24) is 9.62 Å². The maximum atomic E-state index is 12.4. The highest BCUT2D eigenvalue weighted by atomic mass is 32.2. The van der Waals surface area contributed by atoms with E-state index in [9.17, 15) is 16.8 Å². The minimum atomic E-state index is -3.34. The van der Waals surface area contributed by atoms with Gasteiger partial charge in [-0.3, -0.25) is 4.31 Å². The molecule has 170 valence electrons. The van der Waals surface area contributed by atoms with Gasteiger partial charge in [-0.25, -0.2) is 21.6 Å². The molecule has 0 aliphatic carbocycles. The highest BCUT2D eigenvalue weighted by Gasteiger charge is 2.35. The number of nitrogens with one attached hydrogen (secondary N) is 1. The molecule has 0 aromatic heterocycles. The number of benzene rings is 2. The van der Waals surface area contributed by atoms with Gasteiger partial charge in [0.25, 0.3) is 0 Å². The molecule has 2 aromatic carbocycles. The fraction of sp³-hybridized carbons (Fsp3) is 0.455. The molecule has 1 aliphatic rings. The molecule has 7 nitrogen and oxygen atoms in total. The van der Waals surface area contributed by atoms with Gasteiger partial charge in [0.1, 0.15) is 0 Å². The second kappa shape index (κ2) is 8.90. The lowest BCUT2D eigenvalue weighted by molar-refractivity contribution is 0.404. The van der Waals surface area contributed by atoms with Gasteiger partial charge in [0.05, 0.1) is 17.2 Å². The van der Waals surface area contributed by atoms with Gasteiger partial charge in [-0.15, -0.1) is 0 Å². The van der Waals surface area contributed by atoms with E-state index < -0.39 is 25.3 Å². The third-order valence-electron chi connectivity index (χ3n) is 5.84. The summed E-state index contributed by atoms with van der Waals surface area (Å²) in [5.74, 6) is 0.0818. The molecule has 3 rings (SSSR count). The molecule has 1 saturated heterocycles. The Morgan fingerprint density at radius 3 is 1.94 bits per heavy atom. The zero-order chi connectivity index (χ0) is 23.0. The Hall–Kier alpha value is -1.94. The van der Waals surface area contributed by atoms with Gasteiger partial charge in [0.15, 0.2) is 0 Å². The fourth-order valence-electron chi connectivity index (χ4n) is 3.78. The van der Waals surface area contributed by atoms with Crippen molar-refractivity contribution in [2.45, 2.75) is 31.1 Å². The lowest BCUT2D eigenvalue weighted by atomic mass is 9.93. The Morgan fingerprint density at radius 2 is 1.45 bits per heavy atom. The molecule has 0 bridgehead atoms. The summed E-state index contributed by atoms with van der Waals surface area (Å²) in [6.45, 7) is 4.83. The van der Waals surface area contributed by atoms with E-state index in [2.05, 4.69) is 9.62 Å². The van der Waals surface area contributed by atoms with Crippen LogP contribution >= 0.6 is 0 Å². The first-order chi connectivity index (χ1) is 14.4. The second-order valence-electron chi connectivity index (χ2n) is 8.55. The number of nitrogens with zero attached hydrogens (tertiary/aromatic N) is 2. The number of likely N-dealkylation sites (N-methyl/N-ethyl adjacent to an activating group) is 1. The summed E-state index contributed by atoms with van der Waals surface area (Å²) in [4.78, 5) is 2.14. The van der Waals surface area contributed by atoms with Crippen LogP contribution in [-0.4, -0.2) is 66.5 Å². The standard InChI is InChI=1S/C22H31N3O4S2/c1-16(2)31(28,29)23-22-15-24(3)14-21(22)19-8-6-17(7-9-19)18-10-12-20(13-11-18)25(4)30(5,26)27/h6-13,16,21-23H,14-15H2,1-5H3/t21-,22-/m1/s1. The number of anilines is 1. The lowest BCUT2D eigenvalue weighted by Gasteiger charge is -2.22. The first-order valence-electron chi connectivity index (χ1n) is 10.2. The molecule has 31 heavy (non-hydrogen) atoms. The van der Waals surface area contributed by atoms with E-state index >= 15 is 0 Å². The summed E-state index contributed by atoms with van der Waals surface area (Å²) >= 11 is 0. The second-order valence-corrected chi connectivity index (χ2v) is 12.8. The van der Waals surface area contributed by atoms with Gasteiger partial charge in [-0.2, -0.15) is 0 Å². The number of hydrogen-bond donors (Lipinski definition) is 1. The molecule has 1 aliphatic heterocycles. The molecular formula is C22H31N3O4S2. The van der Waals surface area contributed by atoms with Crippen LogP contribution in [0.4, 0.5) is 5.69 Å². The van der Waals surface area contributed by atoms with Crippen LogP contribution in [0.2, 0.25) is 0 Å². The predicted octanol–water partition coefficient (Wildman–Crippen LogP) is 2.47. The molecule has 1 N–H and O–H groups in total. The van der Waals surface area contributed by atoms with Gasteiger partial charge in [0.2, 0.25) is 20.0 Å². The predicted molar refractivity (Wildman–Crippen MR) is 126 cm³/mol. The van der Waals surface area contributed by atoms with Crippen molar-refractivity contribution in [2.75, 3.05) is 37.7 Å². The summed E-state index contributed by atoms with van der Waals surface area (Å²) in [5, 5.41) is -0.467. The van der Waals surface area contributed by atoms with Crippen molar-refractivity contribution >= 4 is 25.7 Å². The molecular weight excluding hydrogens is 434 g/mol. The van der Waals surface area contributed by atoms with E-state index in [-0.39, 0.29) is 12.0 Å². The van der Waals surface area contributed by atoms with Crippen molar-refractivity contribution in [1.29, 1.82) is 0 Å². The number of rotatable bonds is 7. The van der Waals surface area contributed by atoms with Gasteiger partial charge < -0.3 is 4.90 Å². The Morgan fingerprint density at radius 1 is 0.935 bits per heavy atom. The van der Waals surface area contributed by atoms with Crippen LogP contribution in [0.25, 0.3) is 11.1 Å². The number of sulfonamides is 2. The molecule has 1 heterocycles. The third kappa shape index (κ3) is 5.46. The monoisotopic (exact) mass is 465 g/mol. The molecule has 2 aromatic rings. The normalized spacial score (nSPS) is 20.3. The van der Waals surface area contributed by atoms with Crippen LogP contribution in [-0.2, 0) is 20.0 Å². The maximum absolute atomic E-state index is 12.4. The average molecular weight is 466 g/mol. The quantitative estimate of drug-likeness (QED) is 0.679. The van der Waals surface area contributed by atoms with Crippen LogP contribution in [0.15, 0.2) is 48.5 Å². The number of likely N-dealkylation sites (tertiary alicyclic amines) is 1. The number of hydrogen-bond acceptors (Lipinski definition) is 5. The molecule has 0 radical (unpaired) electrons. The lowest BCUT2D eigenvalue weighted by Crippen LogP contribution is -2.42. The summed E-state index contributed by atoms with van der Waals surface area (Å²) in [6.07, 6.45) is 1.18. The highest BCUT2D eigenvalue weighted by molar-refractivity contribution is 7.92. The first-order valence-corrected chi connectivity index (χ1v) is 13.6. The average Bonchev–Trinajstić information content (AvgIpc) is 3.06. The van der Waals surface area contributed by atoms with Crippen molar-refractivity contribution in [3.8, 4) is 11.1 Å². The van der Waals surface area contributed by atoms with E-state index in [1.54, 1.807) is 26.0 Å². The van der Waals surface area contributed by atoms with Crippen LogP contribution in [0, 0.1) is 0 Å². The van der Waals surface area contributed by atoms with Gasteiger partial charge >= 0.3 is 0 Å². The van der Waals surface area contributed by atoms with Gasteiger partial charge in [-0.1, -0.05) is 36.4 Å². The zero-order valence-corrected chi connectivity index (χ0v) is 20.2. The molecule has 0 unspecified atom stereocenters.